The second-order valence-electron chi connectivity index (χ2n) is 5.78. The van der Waals surface area contributed by atoms with Crippen molar-refractivity contribution in [1.82, 2.24) is 0 Å². The molecule has 0 aliphatic rings. The van der Waals surface area contributed by atoms with E-state index in [1.54, 1.807) is 0 Å². The minimum atomic E-state index is -0.507. The van der Waals surface area contributed by atoms with Crippen molar-refractivity contribution in [2.24, 2.45) is 17.1 Å². The van der Waals surface area contributed by atoms with E-state index in [-0.39, 0.29) is 23.4 Å². The van der Waals surface area contributed by atoms with Crippen LogP contribution in [0, 0.1) is 11.3 Å². The summed E-state index contributed by atoms with van der Waals surface area (Å²) in [5, 5.41) is 0. The lowest BCUT2D eigenvalue weighted by molar-refractivity contribution is -0.152. The molecule has 1 unspecified atom stereocenters. The summed E-state index contributed by atoms with van der Waals surface area (Å²) in [6.07, 6.45) is 0.783. The molecule has 3 heteroatoms. The summed E-state index contributed by atoms with van der Waals surface area (Å²) in [4.78, 5) is 11.5. The Morgan fingerprint density at radius 3 is 2.07 bits per heavy atom. The van der Waals surface area contributed by atoms with E-state index in [2.05, 4.69) is 20.8 Å². The lowest BCUT2D eigenvalue weighted by Crippen LogP contribution is -2.39. The molecule has 0 aliphatic carbocycles. The molecule has 0 bridgehead atoms. The van der Waals surface area contributed by atoms with Gasteiger partial charge in [0.1, 0.15) is 6.04 Å². The highest BCUT2D eigenvalue weighted by Gasteiger charge is 2.23. The number of ether oxygens (including phenoxy) is 1. The number of rotatable bonds is 4. The van der Waals surface area contributed by atoms with Crippen molar-refractivity contribution in [3.63, 3.8) is 0 Å². The van der Waals surface area contributed by atoms with Crippen molar-refractivity contribution in [3.05, 3.63) is 0 Å². The van der Waals surface area contributed by atoms with E-state index >= 15 is 0 Å². The molecular formula is C12H25NO2. The van der Waals surface area contributed by atoms with Gasteiger partial charge in [-0.15, -0.1) is 0 Å². The Hall–Kier alpha value is -0.570. The van der Waals surface area contributed by atoms with Crippen LogP contribution in [0.1, 0.15) is 48.0 Å². The smallest absolute Gasteiger partial charge is 0.323 e. The van der Waals surface area contributed by atoms with Gasteiger partial charge in [0, 0.05) is 0 Å². The number of nitrogens with two attached hydrogens (primary N) is 1. The van der Waals surface area contributed by atoms with Gasteiger partial charge in [-0.3, -0.25) is 4.79 Å². The highest BCUT2D eigenvalue weighted by atomic mass is 16.5. The maximum Gasteiger partial charge on any atom is 0.323 e. The summed E-state index contributed by atoms with van der Waals surface area (Å²) in [6.45, 7) is 12.1. The number of carbonyl (C=O) groups is 1. The first kappa shape index (κ1) is 14.4. The molecule has 0 aromatic heterocycles. The third-order valence-corrected chi connectivity index (χ3v) is 2.21. The minimum absolute atomic E-state index is 0.0673. The fourth-order valence-corrected chi connectivity index (χ4v) is 1.45. The van der Waals surface area contributed by atoms with Crippen LogP contribution in [0.15, 0.2) is 0 Å². The Labute approximate surface area is 93.4 Å². The molecule has 15 heavy (non-hydrogen) atoms. The van der Waals surface area contributed by atoms with Crippen molar-refractivity contribution in [2.75, 3.05) is 0 Å². The lowest BCUT2D eigenvalue weighted by Gasteiger charge is -2.25. The van der Waals surface area contributed by atoms with Crippen molar-refractivity contribution < 1.29 is 9.53 Å². The number of hydrogen-bond donors (Lipinski definition) is 1. The maximum absolute atomic E-state index is 11.5. The van der Waals surface area contributed by atoms with Crippen molar-refractivity contribution in [2.45, 2.75) is 60.1 Å². The van der Waals surface area contributed by atoms with Crippen LogP contribution >= 0.6 is 0 Å². The molecule has 0 saturated heterocycles. The molecule has 0 amide bonds. The predicted octanol–water partition coefficient (Wildman–Crippen LogP) is 2.34. The van der Waals surface area contributed by atoms with Crippen LogP contribution in [-0.2, 0) is 9.53 Å². The summed E-state index contributed by atoms with van der Waals surface area (Å²) in [6, 6.07) is -0.507. The van der Waals surface area contributed by atoms with E-state index in [0.29, 0.717) is 0 Å². The zero-order chi connectivity index (χ0) is 12.2. The molecule has 0 heterocycles. The average Bonchev–Trinajstić information content (AvgIpc) is 1.98. The molecule has 0 radical (unpaired) electrons. The van der Waals surface area contributed by atoms with E-state index in [9.17, 15) is 4.79 Å². The first-order chi connectivity index (χ1) is 6.63. The first-order valence-electron chi connectivity index (χ1n) is 5.59. The van der Waals surface area contributed by atoms with Gasteiger partial charge in [0.15, 0.2) is 0 Å². The second-order valence-corrected chi connectivity index (χ2v) is 5.78. The van der Waals surface area contributed by atoms with Gasteiger partial charge in [0.05, 0.1) is 6.10 Å². The highest BCUT2D eigenvalue weighted by molar-refractivity contribution is 5.75. The largest absolute Gasteiger partial charge is 0.461 e. The number of hydrogen-bond acceptors (Lipinski definition) is 3. The molecule has 0 spiro atoms. The van der Waals surface area contributed by atoms with Gasteiger partial charge in [0.2, 0.25) is 0 Å². The maximum atomic E-state index is 11.5. The average molecular weight is 215 g/mol. The van der Waals surface area contributed by atoms with Gasteiger partial charge in [-0.25, -0.2) is 0 Å². The van der Waals surface area contributed by atoms with Crippen molar-refractivity contribution in [1.29, 1.82) is 0 Å². The van der Waals surface area contributed by atoms with E-state index in [0.717, 1.165) is 6.42 Å². The zero-order valence-corrected chi connectivity index (χ0v) is 10.8. The van der Waals surface area contributed by atoms with Crippen LogP contribution in [0.5, 0.6) is 0 Å². The standard InChI is InChI=1S/C12H25NO2/c1-8(2)10(13)11(14)15-9(3)7-12(4,5)6/h8-10H,7,13H2,1-6H3/t9?,10-/m0/s1. The lowest BCUT2D eigenvalue weighted by atomic mass is 9.90. The Bertz CT molecular complexity index is 206. The summed E-state index contributed by atoms with van der Waals surface area (Å²) < 4.78 is 5.29. The summed E-state index contributed by atoms with van der Waals surface area (Å²) in [7, 11) is 0. The molecule has 3 nitrogen and oxygen atoms in total. The van der Waals surface area contributed by atoms with Gasteiger partial charge in [0.25, 0.3) is 0 Å². The van der Waals surface area contributed by atoms with Gasteiger partial charge in [-0.1, -0.05) is 34.6 Å². The SMILES string of the molecule is CC(CC(C)(C)C)OC(=O)[C@@H](N)C(C)C. The minimum Gasteiger partial charge on any atom is -0.461 e. The summed E-state index contributed by atoms with van der Waals surface area (Å²) >= 11 is 0. The fraction of sp³-hybridized carbons (Fsp3) is 0.917. The highest BCUT2D eigenvalue weighted by Crippen LogP contribution is 2.22. The first-order valence-corrected chi connectivity index (χ1v) is 5.59. The molecule has 0 aromatic carbocycles. The van der Waals surface area contributed by atoms with Crippen LogP contribution < -0.4 is 5.73 Å². The molecule has 2 atom stereocenters. The normalized spacial score (nSPS) is 16.3. The molecule has 0 saturated carbocycles. The third kappa shape index (κ3) is 6.50. The van der Waals surface area contributed by atoms with Crippen LogP contribution in [0.2, 0.25) is 0 Å². The summed E-state index contributed by atoms with van der Waals surface area (Å²) in [5.41, 5.74) is 5.87. The molecule has 0 rings (SSSR count). The Morgan fingerprint density at radius 1 is 1.27 bits per heavy atom. The molecule has 90 valence electrons. The van der Waals surface area contributed by atoms with Gasteiger partial charge >= 0.3 is 5.97 Å². The van der Waals surface area contributed by atoms with E-state index < -0.39 is 6.04 Å². The molecule has 0 aliphatic heterocycles. The predicted molar refractivity (Wildman–Crippen MR) is 62.4 cm³/mol. The van der Waals surface area contributed by atoms with E-state index in [1.807, 2.05) is 20.8 Å². The third-order valence-electron chi connectivity index (χ3n) is 2.21. The molecule has 0 fully saturated rings. The fourth-order valence-electron chi connectivity index (χ4n) is 1.45. The summed E-state index contributed by atoms with van der Waals surface area (Å²) in [5.74, 6) is -0.166. The van der Waals surface area contributed by atoms with E-state index in [4.69, 9.17) is 10.5 Å². The van der Waals surface area contributed by atoms with Crippen LogP contribution in [0.3, 0.4) is 0 Å². The Morgan fingerprint density at radius 2 is 1.73 bits per heavy atom. The van der Waals surface area contributed by atoms with E-state index in [1.165, 1.54) is 0 Å². The van der Waals surface area contributed by atoms with Crippen LogP contribution in [0.25, 0.3) is 0 Å². The molecular weight excluding hydrogens is 190 g/mol. The van der Waals surface area contributed by atoms with Gasteiger partial charge in [-0.2, -0.15) is 0 Å². The van der Waals surface area contributed by atoms with Crippen LogP contribution in [-0.4, -0.2) is 18.1 Å². The number of carbonyl (C=O) groups excluding carboxylic acids is 1. The van der Waals surface area contributed by atoms with Crippen molar-refractivity contribution >= 4 is 5.97 Å². The van der Waals surface area contributed by atoms with Crippen molar-refractivity contribution in [3.8, 4) is 0 Å². The van der Waals surface area contributed by atoms with Crippen LogP contribution in [0.4, 0.5) is 0 Å². The van der Waals surface area contributed by atoms with Gasteiger partial charge in [-0.05, 0) is 24.7 Å². The Balaban J connectivity index is 4.08. The van der Waals surface area contributed by atoms with Gasteiger partial charge < -0.3 is 10.5 Å². The Kier molecular flexibility index (Phi) is 5.29. The monoisotopic (exact) mass is 215 g/mol. The molecule has 2 N–H and O–H groups in total. The zero-order valence-electron chi connectivity index (χ0n) is 10.8. The topological polar surface area (TPSA) is 52.3 Å². The second kappa shape index (κ2) is 5.50. The quantitative estimate of drug-likeness (QED) is 0.732. The molecule has 0 aromatic rings. The number of esters is 1.